The van der Waals surface area contributed by atoms with Gasteiger partial charge in [-0.1, -0.05) is 17.7 Å². The van der Waals surface area contributed by atoms with Crippen LogP contribution in [0.5, 0.6) is 11.5 Å². The second-order valence-corrected chi connectivity index (χ2v) is 11.0. The highest BCUT2D eigenvalue weighted by molar-refractivity contribution is 7.91. The lowest BCUT2D eigenvalue weighted by Crippen LogP contribution is -2.40. The van der Waals surface area contributed by atoms with Gasteiger partial charge in [-0.05, 0) is 55.7 Å². The van der Waals surface area contributed by atoms with E-state index in [-0.39, 0.29) is 29.7 Å². The first kappa shape index (κ1) is 23.4. The zero-order chi connectivity index (χ0) is 23.9. The number of furan rings is 1. The first-order chi connectivity index (χ1) is 15.6. The second kappa shape index (κ2) is 8.91. The van der Waals surface area contributed by atoms with Crippen molar-refractivity contribution >= 4 is 38.3 Å². The predicted molar refractivity (Wildman–Crippen MR) is 127 cm³/mol. The molecule has 1 aliphatic rings. The third-order valence-electron chi connectivity index (χ3n) is 6.12. The summed E-state index contributed by atoms with van der Waals surface area (Å²) in [6.45, 7) is 3.88. The van der Waals surface area contributed by atoms with Crippen LogP contribution >= 0.6 is 11.6 Å². The number of aryl methyl sites for hydroxylation is 2. The maximum atomic E-state index is 13.7. The van der Waals surface area contributed by atoms with Crippen LogP contribution in [0.15, 0.2) is 34.7 Å². The van der Waals surface area contributed by atoms with E-state index in [1.165, 1.54) is 0 Å². The topological polar surface area (TPSA) is 86.0 Å². The fourth-order valence-electron chi connectivity index (χ4n) is 4.24. The normalized spacial score (nSPS) is 17.3. The van der Waals surface area contributed by atoms with Crippen LogP contribution in [0.4, 0.5) is 0 Å². The van der Waals surface area contributed by atoms with Gasteiger partial charge in [-0.25, -0.2) is 8.42 Å². The van der Waals surface area contributed by atoms with E-state index >= 15 is 0 Å². The lowest BCUT2D eigenvalue weighted by Gasteiger charge is -2.28. The van der Waals surface area contributed by atoms with Gasteiger partial charge >= 0.3 is 0 Å². The average molecular weight is 492 g/mol. The predicted octanol–water partition coefficient (Wildman–Crippen LogP) is 4.55. The molecule has 1 aliphatic heterocycles. The molecule has 9 heteroatoms. The number of carbonyl (C=O) groups excluding carboxylic acids is 1. The minimum Gasteiger partial charge on any atom is -0.493 e. The van der Waals surface area contributed by atoms with Crippen molar-refractivity contribution in [2.75, 3.05) is 25.7 Å². The van der Waals surface area contributed by atoms with Gasteiger partial charge in [0.05, 0.1) is 25.7 Å². The Kier molecular flexibility index (Phi) is 6.33. The van der Waals surface area contributed by atoms with Gasteiger partial charge in [0.2, 0.25) is 0 Å². The van der Waals surface area contributed by atoms with Crippen LogP contribution in [-0.4, -0.2) is 51.0 Å². The van der Waals surface area contributed by atoms with Crippen molar-refractivity contribution in [2.24, 2.45) is 0 Å². The van der Waals surface area contributed by atoms with Crippen molar-refractivity contribution in [3.8, 4) is 11.5 Å². The van der Waals surface area contributed by atoms with Crippen LogP contribution in [0.1, 0.15) is 33.7 Å². The highest BCUT2D eigenvalue weighted by atomic mass is 35.5. The van der Waals surface area contributed by atoms with Gasteiger partial charge in [-0.3, -0.25) is 4.79 Å². The highest BCUT2D eigenvalue weighted by Gasteiger charge is 2.37. The molecule has 3 aromatic rings. The minimum absolute atomic E-state index is 0.0568. The molecule has 0 spiro atoms. The summed E-state index contributed by atoms with van der Waals surface area (Å²) in [6, 6.07) is 8.53. The minimum atomic E-state index is -3.20. The number of benzene rings is 2. The number of methoxy groups -OCH3 is 2. The monoisotopic (exact) mass is 491 g/mol. The Morgan fingerprint density at radius 3 is 2.52 bits per heavy atom. The number of amides is 1. The first-order valence-corrected chi connectivity index (χ1v) is 12.7. The third-order valence-corrected chi connectivity index (χ3v) is 8.28. The molecule has 0 aliphatic carbocycles. The van der Waals surface area contributed by atoms with Gasteiger partial charge in [0.15, 0.2) is 27.1 Å². The van der Waals surface area contributed by atoms with Crippen LogP contribution < -0.4 is 9.47 Å². The smallest absolute Gasteiger partial charge is 0.290 e. The number of hydrogen-bond acceptors (Lipinski definition) is 6. The summed E-state index contributed by atoms with van der Waals surface area (Å²) in [5.41, 5.74) is 2.89. The lowest BCUT2D eigenvalue weighted by molar-refractivity contribution is 0.0649. The summed E-state index contributed by atoms with van der Waals surface area (Å²) >= 11 is 6.28. The molecule has 1 aromatic heterocycles. The molecule has 0 saturated carbocycles. The summed E-state index contributed by atoms with van der Waals surface area (Å²) in [4.78, 5) is 15.3. The van der Waals surface area contributed by atoms with Crippen LogP contribution in [0.25, 0.3) is 11.0 Å². The molecule has 1 saturated heterocycles. The van der Waals surface area contributed by atoms with E-state index in [9.17, 15) is 13.2 Å². The second-order valence-electron chi connectivity index (χ2n) is 8.33. The van der Waals surface area contributed by atoms with Crippen molar-refractivity contribution in [2.45, 2.75) is 32.9 Å². The summed E-state index contributed by atoms with van der Waals surface area (Å²) in [6.07, 6.45) is 0.381. The number of fused-ring (bicyclic) bond motifs is 1. The van der Waals surface area contributed by atoms with Crippen molar-refractivity contribution in [3.63, 3.8) is 0 Å². The molecule has 4 rings (SSSR count). The molecule has 7 nitrogen and oxygen atoms in total. The van der Waals surface area contributed by atoms with Crippen molar-refractivity contribution in [3.05, 3.63) is 57.8 Å². The fourth-order valence-corrected chi connectivity index (χ4v) is 6.13. The number of hydrogen-bond donors (Lipinski definition) is 0. The quantitative estimate of drug-likeness (QED) is 0.503. The molecule has 0 bridgehead atoms. The van der Waals surface area contributed by atoms with Gasteiger partial charge in [0.25, 0.3) is 5.91 Å². The van der Waals surface area contributed by atoms with Crippen LogP contribution in [0.2, 0.25) is 5.02 Å². The van der Waals surface area contributed by atoms with Crippen molar-refractivity contribution < 1.29 is 27.1 Å². The van der Waals surface area contributed by atoms with Gasteiger partial charge in [-0.2, -0.15) is 0 Å². The highest BCUT2D eigenvalue weighted by Crippen LogP contribution is 2.33. The van der Waals surface area contributed by atoms with E-state index in [0.29, 0.717) is 34.1 Å². The zero-order valence-corrected chi connectivity index (χ0v) is 20.5. The standard InChI is InChI=1S/C24H26ClNO6S/c1-14-9-21-18(11-19(14)25)15(2)23(32-21)24(27)26(17-7-8-33(28,29)13-17)12-16-5-6-20(30-3)22(10-16)31-4/h5-6,9-11,17H,7-8,12-13H2,1-4H3/t17-/m0/s1. The van der Waals surface area contributed by atoms with Crippen LogP contribution in [0, 0.1) is 13.8 Å². The number of nitrogens with zero attached hydrogens (tertiary/aromatic N) is 1. The Morgan fingerprint density at radius 2 is 1.88 bits per heavy atom. The zero-order valence-electron chi connectivity index (χ0n) is 19.0. The molecule has 2 heterocycles. The van der Waals surface area contributed by atoms with Gasteiger partial charge < -0.3 is 18.8 Å². The van der Waals surface area contributed by atoms with E-state index in [1.807, 2.05) is 19.9 Å². The van der Waals surface area contributed by atoms with E-state index in [4.69, 9.17) is 25.5 Å². The maximum Gasteiger partial charge on any atom is 0.290 e. The number of halogens is 1. The number of ether oxygens (including phenoxy) is 2. The Hall–Kier alpha value is -2.71. The van der Waals surface area contributed by atoms with E-state index in [1.54, 1.807) is 43.4 Å². The van der Waals surface area contributed by atoms with E-state index < -0.39 is 15.9 Å². The van der Waals surface area contributed by atoms with Crippen molar-refractivity contribution in [1.29, 1.82) is 0 Å². The Bertz CT molecular complexity index is 1330. The molecule has 0 radical (unpaired) electrons. The first-order valence-electron chi connectivity index (χ1n) is 10.5. The number of rotatable bonds is 6. The number of sulfone groups is 1. The molecule has 0 unspecified atom stereocenters. The van der Waals surface area contributed by atoms with Crippen molar-refractivity contribution in [1.82, 2.24) is 4.90 Å². The largest absolute Gasteiger partial charge is 0.493 e. The van der Waals surface area contributed by atoms with E-state index in [0.717, 1.165) is 16.5 Å². The third kappa shape index (κ3) is 4.54. The summed E-state index contributed by atoms with van der Waals surface area (Å²) < 4.78 is 41.1. The molecular formula is C24H26ClNO6S. The fraction of sp³-hybridized carbons (Fsp3) is 0.375. The summed E-state index contributed by atoms with van der Waals surface area (Å²) in [5, 5.41) is 1.36. The Labute approximate surface area is 198 Å². The van der Waals surface area contributed by atoms with Gasteiger partial charge in [0, 0.05) is 28.6 Å². The molecule has 1 amide bonds. The maximum absolute atomic E-state index is 13.7. The average Bonchev–Trinajstić information content (AvgIpc) is 3.30. The SMILES string of the molecule is COc1ccc(CN(C(=O)c2oc3cc(C)c(Cl)cc3c2C)[C@H]2CCS(=O)(=O)C2)cc1OC. The van der Waals surface area contributed by atoms with Crippen LogP contribution in [-0.2, 0) is 16.4 Å². The number of carbonyl (C=O) groups is 1. The molecule has 33 heavy (non-hydrogen) atoms. The summed E-state index contributed by atoms with van der Waals surface area (Å²) in [5.74, 6) is 0.928. The molecule has 0 N–H and O–H groups in total. The lowest BCUT2D eigenvalue weighted by atomic mass is 10.1. The summed E-state index contributed by atoms with van der Waals surface area (Å²) in [7, 11) is -0.113. The van der Waals surface area contributed by atoms with Gasteiger partial charge in [-0.15, -0.1) is 0 Å². The Morgan fingerprint density at radius 1 is 1.15 bits per heavy atom. The molecule has 2 aromatic carbocycles. The van der Waals surface area contributed by atoms with Gasteiger partial charge in [0.1, 0.15) is 5.58 Å². The van der Waals surface area contributed by atoms with Crippen LogP contribution in [0.3, 0.4) is 0 Å². The van der Waals surface area contributed by atoms with E-state index in [2.05, 4.69) is 0 Å². The molecule has 176 valence electrons. The molecular weight excluding hydrogens is 466 g/mol. The molecule has 1 atom stereocenters. The molecule has 1 fully saturated rings. The Balaban J connectivity index is 1.75.